The molecule has 4 amide bonds. The Balaban J connectivity index is 1.30. The lowest BCUT2D eigenvalue weighted by atomic mass is 9.73. The Bertz CT molecular complexity index is 901. The lowest BCUT2D eigenvalue weighted by Crippen LogP contribution is -2.54. The van der Waals surface area contributed by atoms with Crippen LogP contribution in [0, 0.1) is 17.2 Å². The number of piperazine rings is 1. The van der Waals surface area contributed by atoms with Gasteiger partial charge in [0.15, 0.2) is 0 Å². The van der Waals surface area contributed by atoms with E-state index in [0.29, 0.717) is 25.1 Å². The number of nitriles is 1. The van der Waals surface area contributed by atoms with Crippen molar-refractivity contribution in [2.45, 2.75) is 44.7 Å². The van der Waals surface area contributed by atoms with Crippen LogP contribution in [0.3, 0.4) is 0 Å². The molecule has 1 N–H and O–H groups in total. The third kappa shape index (κ3) is 4.15. The molecular weight excluding hydrogens is 394 g/mol. The third-order valence-corrected chi connectivity index (χ3v) is 7.01. The van der Waals surface area contributed by atoms with E-state index in [9.17, 15) is 14.4 Å². The quantitative estimate of drug-likeness (QED) is 0.744. The fraction of sp³-hybridized carbons (Fsp3) is 0.565. The molecule has 0 radical (unpaired) electrons. The summed E-state index contributed by atoms with van der Waals surface area (Å²) in [6.45, 7) is 5.19. The van der Waals surface area contributed by atoms with Crippen LogP contribution in [0.1, 0.15) is 43.7 Å². The average Bonchev–Trinajstić information content (AvgIpc) is 3.01. The van der Waals surface area contributed by atoms with Gasteiger partial charge in [-0.1, -0.05) is 31.9 Å². The zero-order valence-corrected chi connectivity index (χ0v) is 18.0. The molecule has 8 nitrogen and oxygen atoms in total. The molecule has 31 heavy (non-hydrogen) atoms. The maximum Gasteiger partial charge on any atom is 0.325 e. The number of nitrogens with one attached hydrogen (secondary N) is 1. The number of hydrogen-bond acceptors (Lipinski definition) is 5. The number of rotatable bonds is 4. The standard InChI is InChI=1S/C23H29N5O3/c1-17-4-2-3-9-23(17)21(30)28(22(31)25-23)16-20(29)27-12-10-26(11-13-27)15-19-7-5-18(14-24)6-8-19/h5-8,17H,2-4,9-13,15-16H2,1H3,(H,25,31)/t17-,23-/m1/s1. The summed E-state index contributed by atoms with van der Waals surface area (Å²) in [6, 6.07) is 9.21. The highest BCUT2D eigenvalue weighted by molar-refractivity contribution is 6.09. The van der Waals surface area contributed by atoms with E-state index >= 15 is 0 Å². The summed E-state index contributed by atoms with van der Waals surface area (Å²) in [5.74, 6) is -0.330. The molecule has 1 aromatic carbocycles. The van der Waals surface area contributed by atoms with Gasteiger partial charge in [0.05, 0.1) is 11.6 Å². The van der Waals surface area contributed by atoms with E-state index in [4.69, 9.17) is 5.26 Å². The predicted molar refractivity (Wildman–Crippen MR) is 114 cm³/mol. The summed E-state index contributed by atoms with van der Waals surface area (Å²) in [5, 5.41) is 11.8. The number of urea groups is 1. The van der Waals surface area contributed by atoms with E-state index < -0.39 is 11.6 Å². The first-order valence-corrected chi connectivity index (χ1v) is 11.1. The minimum atomic E-state index is -0.824. The molecule has 2 atom stereocenters. The number of imide groups is 1. The number of amides is 4. The lowest BCUT2D eigenvalue weighted by Gasteiger charge is -2.37. The highest BCUT2D eigenvalue weighted by atomic mass is 16.2. The van der Waals surface area contributed by atoms with Crippen LogP contribution in [0.4, 0.5) is 4.79 Å². The van der Waals surface area contributed by atoms with Crippen LogP contribution in [-0.4, -0.2) is 70.8 Å². The second kappa shape index (κ2) is 8.67. The Morgan fingerprint density at radius 1 is 1.16 bits per heavy atom. The van der Waals surface area contributed by atoms with Gasteiger partial charge in [0.25, 0.3) is 5.91 Å². The van der Waals surface area contributed by atoms with Crippen molar-refractivity contribution in [3.05, 3.63) is 35.4 Å². The molecule has 8 heteroatoms. The zero-order valence-electron chi connectivity index (χ0n) is 18.0. The van der Waals surface area contributed by atoms with Crippen LogP contribution >= 0.6 is 0 Å². The van der Waals surface area contributed by atoms with E-state index in [-0.39, 0.29) is 24.3 Å². The van der Waals surface area contributed by atoms with Gasteiger partial charge in [0, 0.05) is 32.7 Å². The minimum Gasteiger partial charge on any atom is -0.339 e. The Morgan fingerprint density at radius 3 is 2.52 bits per heavy atom. The molecule has 1 saturated carbocycles. The van der Waals surface area contributed by atoms with Crippen molar-refractivity contribution in [2.75, 3.05) is 32.7 Å². The van der Waals surface area contributed by atoms with Crippen LogP contribution in [0.25, 0.3) is 0 Å². The average molecular weight is 424 g/mol. The van der Waals surface area contributed by atoms with E-state index in [0.717, 1.165) is 49.4 Å². The lowest BCUT2D eigenvalue weighted by molar-refractivity contribution is -0.141. The highest BCUT2D eigenvalue weighted by Crippen LogP contribution is 2.38. The fourth-order valence-electron chi connectivity index (χ4n) is 4.97. The van der Waals surface area contributed by atoms with E-state index in [2.05, 4.69) is 16.3 Å². The number of hydrogen-bond donors (Lipinski definition) is 1. The van der Waals surface area contributed by atoms with Gasteiger partial charge in [0.2, 0.25) is 5.91 Å². The first-order chi connectivity index (χ1) is 14.9. The van der Waals surface area contributed by atoms with Gasteiger partial charge in [-0.15, -0.1) is 0 Å². The monoisotopic (exact) mass is 423 g/mol. The minimum absolute atomic E-state index is 0.0866. The van der Waals surface area contributed by atoms with E-state index in [1.165, 1.54) is 0 Å². The SMILES string of the molecule is C[C@@H]1CCCC[C@@]12NC(=O)N(CC(=O)N1CCN(Cc3ccc(C#N)cc3)CC1)C2=O. The first-order valence-electron chi connectivity index (χ1n) is 11.1. The van der Waals surface area contributed by atoms with Crippen LogP contribution in [0.5, 0.6) is 0 Å². The molecule has 3 fully saturated rings. The molecule has 2 aliphatic heterocycles. The van der Waals surface area contributed by atoms with E-state index in [1.54, 1.807) is 4.90 Å². The number of nitrogens with zero attached hydrogens (tertiary/aromatic N) is 4. The van der Waals surface area contributed by atoms with Crippen molar-refractivity contribution in [1.82, 2.24) is 20.0 Å². The van der Waals surface area contributed by atoms with Gasteiger partial charge in [-0.05, 0) is 36.5 Å². The summed E-state index contributed by atoms with van der Waals surface area (Å²) >= 11 is 0. The van der Waals surface area contributed by atoms with Crippen LogP contribution in [-0.2, 0) is 16.1 Å². The molecule has 4 rings (SSSR count). The molecule has 2 saturated heterocycles. The maximum atomic E-state index is 13.1. The van der Waals surface area contributed by atoms with Crippen molar-refractivity contribution >= 4 is 17.8 Å². The molecule has 2 heterocycles. The maximum absolute atomic E-state index is 13.1. The Kier molecular flexibility index (Phi) is 5.96. The second-order valence-electron chi connectivity index (χ2n) is 8.91. The van der Waals surface area contributed by atoms with Gasteiger partial charge < -0.3 is 10.2 Å². The summed E-state index contributed by atoms with van der Waals surface area (Å²) in [7, 11) is 0. The normalized spacial score (nSPS) is 26.8. The zero-order chi connectivity index (χ0) is 22.0. The first kappa shape index (κ1) is 21.3. The van der Waals surface area contributed by atoms with Gasteiger partial charge >= 0.3 is 6.03 Å². The molecule has 3 aliphatic rings. The smallest absolute Gasteiger partial charge is 0.325 e. The van der Waals surface area contributed by atoms with E-state index in [1.807, 2.05) is 31.2 Å². The molecule has 1 spiro atoms. The molecule has 0 bridgehead atoms. The Hall–Kier alpha value is -2.92. The summed E-state index contributed by atoms with van der Waals surface area (Å²) in [4.78, 5) is 43.5. The van der Waals surface area contributed by atoms with Crippen molar-refractivity contribution in [3.63, 3.8) is 0 Å². The van der Waals surface area contributed by atoms with Crippen molar-refractivity contribution < 1.29 is 14.4 Å². The molecular formula is C23H29N5O3. The van der Waals surface area contributed by atoms with Gasteiger partial charge in [-0.25, -0.2) is 4.79 Å². The summed E-state index contributed by atoms with van der Waals surface area (Å²) in [5.41, 5.74) is 0.948. The molecule has 0 aromatic heterocycles. The topological polar surface area (TPSA) is 96.8 Å². The second-order valence-corrected chi connectivity index (χ2v) is 8.91. The van der Waals surface area contributed by atoms with Crippen LogP contribution in [0.15, 0.2) is 24.3 Å². The fourth-order valence-corrected chi connectivity index (χ4v) is 4.97. The number of carbonyl (C=O) groups excluding carboxylic acids is 3. The largest absolute Gasteiger partial charge is 0.339 e. The predicted octanol–water partition coefficient (Wildman–Crippen LogP) is 1.70. The van der Waals surface area contributed by atoms with Crippen molar-refractivity contribution in [1.29, 1.82) is 5.26 Å². The molecule has 164 valence electrons. The van der Waals surface area contributed by atoms with Crippen LogP contribution < -0.4 is 5.32 Å². The number of carbonyl (C=O) groups is 3. The van der Waals surface area contributed by atoms with Gasteiger partial charge in [-0.2, -0.15) is 5.26 Å². The third-order valence-electron chi connectivity index (χ3n) is 7.01. The number of benzene rings is 1. The molecule has 0 unspecified atom stereocenters. The Labute approximate surface area is 182 Å². The van der Waals surface area contributed by atoms with Gasteiger partial charge in [0.1, 0.15) is 12.1 Å². The Morgan fingerprint density at radius 2 is 1.87 bits per heavy atom. The molecule has 1 aromatic rings. The van der Waals surface area contributed by atoms with Crippen molar-refractivity contribution in [2.24, 2.45) is 5.92 Å². The van der Waals surface area contributed by atoms with Gasteiger partial charge in [-0.3, -0.25) is 19.4 Å². The van der Waals surface area contributed by atoms with Crippen molar-refractivity contribution in [3.8, 4) is 6.07 Å². The summed E-state index contributed by atoms with van der Waals surface area (Å²) < 4.78 is 0. The molecule has 1 aliphatic carbocycles. The van der Waals surface area contributed by atoms with Crippen LogP contribution in [0.2, 0.25) is 0 Å². The highest BCUT2D eigenvalue weighted by Gasteiger charge is 2.55. The summed E-state index contributed by atoms with van der Waals surface area (Å²) in [6.07, 6.45) is 3.55.